The highest BCUT2D eigenvalue weighted by Gasteiger charge is 2.29. The molecule has 0 saturated carbocycles. The number of benzene rings is 2. The van der Waals surface area contributed by atoms with Gasteiger partial charge in [0, 0.05) is 36.3 Å². The molecule has 0 bridgehead atoms. The molecule has 3 rings (SSSR count). The van der Waals surface area contributed by atoms with Gasteiger partial charge in [0.2, 0.25) is 10.0 Å². The lowest BCUT2D eigenvalue weighted by atomic mass is 10.2. The highest BCUT2D eigenvalue weighted by Crippen LogP contribution is 2.27. The van der Waals surface area contributed by atoms with Crippen molar-refractivity contribution in [3.05, 3.63) is 53.0 Å². The van der Waals surface area contributed by atoms with E-state index in [1.807, 2.05) is 30.3 Å². The van der Waals surface area contributed by atoms with Crippen LogP contribution in [0.25, 0.3) is 0 Å². The van der Waals surface area contributed by atoms with Crippen LogP contribution in [-0.2, 0) is 10.0 Å². The summed E-state index contributed by atoms with van der Waals surface area (Å²) in [5.74, 6) is 0.814. The highest BCUT2D eigenvalue weighted by atomic mass is 79.9. The van der Waals surface area contributed by atoms with Crippen LogP contribution in [0.1, 0.15) is 0 Å². The molecule has 1 aliphatic rings. The topological polar surface area (TPSA) is 49.9 Å². The van der Waals surface area contributed by atoms with Crippen molar-refractivity contribution in [3.63, 3.8) is 0 Å². The second kappa shape index (κ2) is 7.13. The molecular weight excluding hydrogens is 392 g/mol. The Hall–Kier alpha value is -1.57. The van der Waals surface area contributed by atoms with Crippen molar-refractivity contribution in [3.8, 4) is 5.75 Å². The second-order valence-electron chi connectivity index (χ2n) is 5.52. The maximum absolute atomic E-state index is 12.8. The molecule has 128 valence electrons. The molecule has 24 heavy (non-hydrogen) atoms. The molecule has 0 spiro atoms. The molecule has 7 heteroatoms. The Morgan fingerprint density at radius 3 is 2.17 bits per heavy atom. The maximum atomic E-state index is 12.8. The first-order chi connectivity index (χ1) is 11.5. The summed E-state index contributed by atoms with van der Waals surface area (Å²) < 4.78 is 32.9. The van der Waals surface area contributed by atoms with E-state index in [-0.39, 0.29) is 0 Å². The predicted molar refractivity (Wildman–Crippen MR) is 98.1 cm³/mol. The molecule has 1 aliphatic heterocycles. The molecule has 0 amide bonds. The van der Waals surface area contributed by atoms with Crippen molar-refractivity contribution in [2.45, 2.75) is 4.90 Å². The van der Waals surface area contributed by atoms with Crippen LogP contribution >= 0.6 is 15.9 Å². The van der Waals surface area contributed by atoms with Crippen molar-refractivity contribution in [1.82, 2.24) is 4.31 Å². The first kappa shape index (κ1) is 17.3. The van der Waals surface area contributed by atoms with Gasteiger partial charge in [-0.1, -0.05) is 12.1 Å². The van der Waals surface area contributed by atoms with E-state index in [1.165, 1.54) is 0 Å². The quantitative estimate of drug-likeness (QED) is 0.777. The predicted octanol–water partition coefficient (Wildman–Crippen LogP) is 2.97. The van der Waals surface area contributed by atoms with Crippen LogP contribution in [0.4, 0.5) is 5.69 Å². The number of halogens is 1. The molecule has 0 N–H and O–H groups in total. The summed E-state index contributed by atoms with van der Waals surface area (Å²) in [4.78, 5) is 2.51. The molecule has 2 aromatic carbocycles. The molecule has 1 heterocycles. The van der Waals surface area contributed by atoms with Gasteiger partial charge in [0.25, 0.3) is 0 Å². The van der Waals surface area contributed by atoms with Crippen LogP contribution in [0.5, 0.6) is 5.75 Å². The zero-order valence-electron chi connectivity index (χ0n) is 13.4. The van der Waals surface area contributed by atoms with E-state index < -0.39 is 10.0 Å². The normalized spacial score (nSPS) is 16.2. The van der Waals surface area contributed by atoms with Crippen molar-refractivity contribution in [2.75, 3.05) is 38.2 Å². The Balaban J connectivity index is 1.71. The monoisotopic (exact) mass is 410 g/mol. The molecule has 1 fully saturated rings. The number of rotatable bonds is 4. The third kappa shape index (κ3) is 3.43. The van der Waals surface area contributed by atoms with Crippen LogP contribution in [0.2, 0.25) is 0 Å². The number of nitrogens with zero attached hydrogens (tertiary/aromatic N) is 2. The standard InChI is InChI=1S/C17H19BrN2O3S/c1-23-15-8-6-14(7-9-15)19-10-12-20(13-11-19)24(21,22)17-5-3-2-4-16(17)18/h2-9H,10-13H2,1H3. The summed E-state index contributed by atoms with van der Waals surface area (Å²) >= 11 is 3.33. The third-order valence-electron chi connectivity index (χ3n) is 4.13. The SMILES string of the molecule is COc1ccc(N2CCN(S(=O)(=O)c3ccccc3Br)CC2)cc1. The maximum Gasteiger partial charge on any atom is 0.244 e. The van der Waals surface area contributed by atoms with Crippen molar-refractivity contribution in [1.29, 1.82) is 0 Å². The van der Waals surface area contributed by atoms with Gasteiger partial charge in [0.15, 0.2) is 0 Å². The van der Waals surface area contributed by atoms with Gasteiger partial charge < -0.3 is 9.64 Å². The van der Waals surface area contributed by atoms with Gasteiger partial charge in [-0.3, -0.25) is 0 Å². The van der Waals surface area contributed by atoms with Gasteiger partial charge in [-0.2, -0.15) is 4.31 Å². The van der Waals surface area contributed by atoms with Gasteiger partial charge >= 0.3 is 0 Å². The van der Waals surface area contributed by atoms with Crippen molar-refractivity contribution < 1.29 is 13.2 Å². The molecule has 1 saturated heterocycles. The van der Waals surface area contributed by atoms with Gasteiger partial charge in [-0.15, -0.1) is 0 Å². The van der Waals surface area contributed by atoms with E-state index in [2.05, 4.69) is 20.8 Å². The fourth-order valence-electron chi connectivity index (χ4n) is 2.77. The average Bonchev–Trinajstić information content (AvgIpc) is 2.62. The van der Waals surface area contributed by atoms with Crippen LogP contribution in [0.3, 0.4) is 0 Å². The minimum absolute atomic E-state index is 0.322. The third-order valence-corrected chi connectivity index (χ3v) is 7.04. The zero-order chi connectivity index (χ0) is 17.2. The van der Waals surface area contributed by atoms with Crippen LogP contribution in [-0.4, -0.2) is 46.0 Å². The number of piperazine rings is 1. The molecule has 0 radical (unpaired) electrons. The van der Waals surface area contributed by atoms with Gasteiger partial charge in [-0.05, 0) is 52.3 Å². The minimum atomic E-state index is -3.47. The Morgan fingerprint density at radius 2 is 1.58 bits per heavy atom. The fourth-order valence-corrected chi connectivity index (χ4v) is 5.16. The fraction of sp³-hybridized carbons (Fsp3) is 0.294. The summed E-state index contributed by atoms with van der Waals surface area (Å²) in [5, 5.41) is 0. The van der Waals surface area contributed by atoms with E-state index in [0.29, 0.717) is 35.5 Å². The molecule has 0 aromatic heterocycles. The largest absolute Gasteiger partial charge is 0.497 e. The smallest absolute Gasteiger partial charge is 0.244 e. The van der Waals surface area contributed by atoms with E-state index in [0.717, 1.165) is 11.4 Å². The van der Waals surface area contributed by atoms with Crippen LogP contribution in [0, 0.1) is 0 Å². The van der Waals surface area contributed by atoms with Gasteiger partial charge in [0.1, 0.15) is 5.75 Å². The molecule has 0 unspecified atom stereocenters. The van der Waals surface area contributed by atoms with E-state index in [4.69, 9.17) is 4.74 Å². The van der Waals surface area contributed by atoms with Gasteiger partial charge in [0.05, 0.1) is 12.0 Å². The lowest BCUT2D eigenvalue weighted by Crippen LogP contribution is -2.48. The van der Waals surface area contributed by atoms with Crippen LogP contribution < -0.4 is 9.64 Å². The Labute approximate surface area is 151 Å². The summed E-state index contributed by atoms with van der Waals surface area (Å²) in [6.07, 6.45) is 0. The number of methoxy groups -OCH3 is 1. The Morgan fingerprint density at radius 1 is 0.958 bits per heavy atom. The van der Waals surface area contributed by atoms with E-state index >= 15 is 0 Å². The minimum Gasteiger partial charge on any atom is -0.497 e. The first-order valence-electron chi connectivity index (χ1n) is 7.66. The number of hydrogen-bond acceptors (Lipinski definition) is 4. The number of hydrogen-bond donors (Lipinski definition) is 0. The second-order valence-corrected chi connectivity index (χ2v) is 8.28. The summed E-state index contributed by atoms with van der Waals surface area (Å²) in [7, 11) is -1.83. The molecular formula is C17H19BrN2O3S. The summed E-state index contributed by atoms with van der Waals surface area (Å²) in [6.45, 7) is 2.26. The number of sulfonamides is 1. The first-order valence-corrected chi connectivity index (χ1v) is 9.89. The summed E-state index contributed by atoms with van der Waals surface area (Å²) in [5.41, 5.74) is 1.08. The lowest BCUT2D eigenvalue weighted by Gasteiger charge is -2.35. The van der Waals surface area contributed by atoms with E-state index in [9.17, 15) is 8.42 Å². The Bertz CT molecular complexity index is 801. The van der Waals surface area contributed by atoms with Crippen molar-refractivity contribution >= 4 is 31.6 Å². The number of anilines is 1. The average molecular weight is 411 g/mol. The molecule has 2 aromatic rings. The lowest BCUT2D eigenvalue weighted by molar-refractivity contribution is 0.384. The zero-order valence-corrected chi connectivity index (χ0v) is 15.8. The van der Waals surface area contributed by atoms with Crippen LogP contribution in [0.15, 0.2) is 57.9 Å². The molecule has 0 aliphatic carbocycles. The van der Waals surface area contributed by atoms with E-state index in [1.54, 1.807) is 29.6 Å². The number of ether oxygens (including phenoxy) is 1. The summed E-state index contributed by atoms with van der Waals surface area (Å²) in [6, 6.07) is 14.8. The van der Waals surface area contributed by atoms with Gasteiger partial charge in [-0.25, -0.2) is 8.42 Å². The highest BCUT2D eigenvalue weighted by molar-refractivity contribution is 9.10. The Kier molecular flexibility index (Phi) is 5.12. The van der Waals surface area contributed by atoms with Crippen molar-refractivity contribution in [2.24, 2.45) is 0 Å². The molecule has 0 atom stereocenters. The molecule has 5 nitrogen and oxygen atoms in total.